The van der Waals surface area contributed by atoms with E-state index in [1.165, 1.54) is 12.1 Å². The fourth-order valence-corrected chi connectivity index (χ4v) is 8.15. The minimum atomic E-state index is -3.65. The molecule has 250 valence electrons. The van der Waals surface area contributed by atoms with Crippen molar-refractivity contribution in [3.63, 3.8) is 0 Å². The number of halogens is 2. The number of benzene rings is 2. The molecule has 2 fully saturated rings. The third kappa shape index (κ3) is 7.66. The van der Waals surface area contributed by atoms with Crippen LogP contribution >= 0.6 is 23.2 Å². The van der Waals surface area contributed by atoms with Gasteiger partial charge in [0.2, 0.25) is 11.8 Å². The highest BCUT2D eigenvalue weighted by atomic mass is 35.5. The van der Waals surface area contributed by atoms with Crippen LogP contribution in [0.5, 0.6) is 0 Å². The van der Waals surface area contributed by atoms with Gasteiger partial charge in [-0.2, -0.15) is 0 Å². The van der Waals surface area contributed by atoms with Crippen molar-refractivity contribution in [3.8, 4) is 0 Å². The number of pyridine rings is 1. The molecule has 1 saturated heterocycles. The molecule has 12 heteroatoms. The van der Waals surface area contributed by atoms with E-state index >= 15 is 0 Å². The van der Waals surface area contributed by atoms with Gasteiger partial charge in [0.15, 0.2) is 9.84 Å². The van der Waals surface area contributed by atoms with E-state index in [0.717, 1.165) is 30.2 Å². The Kier molecular flexibility index (Phi) is 9.79. The molecule has 2 N–H and O–H groups in total. The number of sulfone groups is 1. The van der Waals surface area contributed by atoms with Crippen molar-refractivity contribution in [2.24, 2.45) is 11.3 Å². The van der Waals surface area contributed by atoms with Gasteiger partial charge in [-0.3, -0.25) is 9.59 Å². The number of hydrogen-bond donors (Lipinski definition) is 2. The molecule has 0 spiro atoms. The number of piperidine rings is 1. The van der Waals surface area contributed by atoms with Crippen molar-refractivity contribution >= 4 is 56.6 Å². The lowest BCUT2D eigenvalue weighted by atomic mass is 9.67. The largest absolute Gasteiger partial charge is 0.478 e. The Labute approximate surface area is 285 Å². The molecule has 4 atom stereocenters. The molecule has 2 heterocycles. The van der Waals surface area contributed by atoms with Crippen LogP contribution in [0.25, 0.3) is 0 Å². The number of hydrogen-bond acceptors (Lipinski definition) is 6. The summed E-state index contributed by atoms with van der Waals surface area (Å²) < 4.78 is 26.5. The molecule has 2 aromatic carbocycles. The van der Waals surface area contributed by atoms with Gasteiger partial charge >= 0.3 is 5.97 Å². The summed E-state index contributed by atoms with van der Waals surface area (Å²) in [6.07, 6.45) is 2.79. The predicted octanol–water partition coefficient (Wildman–Crippen LogP) is 7.17. The second-order valence-corrected chi connectivity index (χ2v) is 17.6. The van der Waals surface area contributed by atoms with Crippen LogP contribution in [0.15, 0.2) is 66.9 Å². The maximum Gasteiger partial charge on any atom is 0.337 e. The summed E-state index contributed by atoms with van der Waals surface area (Å²) in [5.41, 5.74) is 0.406. The number of carbonyl (C=O) groups is 3. The van der Waals surface area contributed by atoms with Crippen molar-refractivity contribution in [1.29, 1.82) is 0 Å². The van der Waals surface area contributed by atoms with E-state index in [1.54, 1.807) is 50.8 Å². The number of amides is 2. The number of carbonyl (C=O) groups excluding carboxylic acids is 2. The van der Waals surface area contributed by atoms with E-state index in [1.807, 2.05) is 30.3 Å². The van der Waals surface area contributed by atoms with Crippen molar-refractivity contribution < 1.29 is 27.9 Å². The van der Waals surface area contributed by atoms with E-state index in [-0.39, 0.29) is 47.7 Å². The second kappa shape index (κ2) is 13.2. The molecule has 0 bridgehead atoms. The fraction of sp³-hybridized carbons (Fsp3) is 0.429. The van der Waals surface area contributed by atoms with Gasteiger partial charge in [-0.1, -0.05) is 54.4 Å². The number of nitrogens with zero attached hydrogens (tertiary/aromatic N) is 2. The third-order valence-electron chi connectivity index (χ3n) is 9.27. The average Bonchev–Trinajstić information content (AvgIpc) is 3.83. The molecule has 1 aliphatic heterocycles. The molecule has 0 radical (unpaired) electrons. The Bertz CT molecular complexity index is 1770. The van der Waals surface area contributed by atoms with Gasteiger partial charge in [0, 0.05) is 34.6 Å². The molecular formula is C35H39Cl2N3O6S. The lowest BCUT2D eigenvalue weighted by Gasteiger charge is -2.52. The number of anilines is 1. The number of carboxylic acid groups (broad SMARTS) is 1. The van der Waals surface area contributed by atoms with E-state index in [9.17, 15) is 27.9 Å². The van der Waals surface area contributed by atoms with Gasteiger partial charge in [0.1, 0.15) is 5.82 Å². The Balaban J connectivity index is 1.61. The van der Waals surface area contributed by atoms with E-state index in [0.29, 0.717) is 10.0 Å². The van der Waals surface area contributed by atoms with Gasteiger partial charge in [-0.05, 0) is 93.5 Å². The van der Waals surface area contributed by atoms with Crippen LogP contribution in [0.2, 0.25) is 10.0 Å². The van der Waals surface area contributed by atoms with Gasteiger partial charge < -0.3 is 15.3 Å². The summed E-state index contributed by atoms with van der Waals surface area (Å²) in [6, 6.07) is 16.2. The maximum absolute atomic E-state index is 15.0. The standard InChI is InChI=1S/C35H39Cl2N3O6S/c1-34(2,3)47(45,46)20-28(21-8-9-21)40-31(22-10-13-25(36)14-11-22)27(23-6-5-7-26(37)16-23)17-35(4,33(40)44)18-30(41)39-29-15-12-24(19-38-29)32(42)43/h5-7,10-16,19,21,27-28,31H,8-9,17-18,20H2,1-4H3,(H,42,43)(H,38,39,41)/t27-,28-,31-,35-/m1/s1. The fourth-order valence-electron chi connectivity index (χ4n) is 6.45. The molecule has 1 aromatic heterocycles. The highest BCUT2D eigenvalue weighted by molar-refractivity contribution is 7.92. The van der Waals surface area contributed by atoms with Crippen LogP contribution in [0.1, 0.15) is 86.8 Å². The molecule has 0 unspecified atom stereocenters. The lowest BCUT2D eigenvalue weighted by molar-refractivity contribution is -0.156. The first-order valence-electron chi connectivity index (χ1n) is 15.5. The van der Waals surface area contributed by atoms with E-state index < -0.39 is 44.0 Å². The smallest absolute Gasteiger partial charge is 0.337 e. The number of likely N-dealkylation sites (tertiary alicyclic amines) is 1. The molecule has 3 aromatic rings. The summed E-state index contributed by atoms with van der Waals surface area (Å²) in [6.45, 7) is 6.75. The van der Waals surface area contributed by atoms with Crippen molar-refractivity contribution in [2.75, 3.05) is 11.1 Å². The summed E-state index contributed by atoms with van der Waals surface area (Å²) in [7, 11) is -3.65. The van der Waals surface area contributed by atoms with Crippen LogP contribution in [-0.4, -0.2) is 57.7 Å². The Morgan fingerprint density at radius 1 is 1.04 bits per heavy atom. The maximum atomic E-state index is 15.0. The average molecular weight is 701 g/mol. The van der Waals surface area contributed by atoms with Crippen LogP contribution in [0, 0.1) is 11.3 Å². The number of carboxylic acids is 1. The van der Waals surface area contributed by atoms with Gasteiger partial charge in [-0.25, -0.2) is 18.2 Å². The molecular weight excluding hydrogens is 661 g/mol. The quantitative estimate of drug-likeness (QED) is 0.229. The highest BCUT2D eigenvalue weighted by Crippen LogP contribution is 2.54. The monoisotopic (exact) mass is 699 g/mol. The number of rotatable bonds is 10. The zero-order chi connectivity index (χ0) is 34.3. The first kappa shape index (κ1) is 34.9. The number of aromatic nitrogens is 1. The zero-order valence-electron chi connectivity index (χ0n) is 26.7. The van der Waals surface area contributed by atoms with Crippen LogP contribution < -0.4 is 5.32 Å². The first-order valence-corrected chi connectivity index (χ1v) is 17.9. The van der Waals surface area contributed by atoms with E-state index in [4.69, 9.17) is 23.2 Å². The molecule has 47 heavy (non-hydrogen) atoms. The summed E-state index contributed by atoms with van der Waals surface area (Å²) in [5, 5.41) is 13.0. The Morgan fingerprint density at radius 3 is 2.28 bits per heavy atom. The van der Waals surface area contributed by atoms with Crippen molar-refractivity contribution in [1.82, 2.24) is 9.88 Å². The molecule has 1 saturated carbocycles. The molecule has 9 nitrogen and oxygen atoms in total. The number of nitrogens with one attached hydrogen (secondary N) is 1. The normalized spacial score (nSPS) is 22.5. The predicted molar refractivity (Wildman–Crippen MR) is 182 cm³/mol. The van der Waals surface area contributed by atoms with Gasteiger partial charge in [0.25, 0.3) is 0 Å². The van der Waals surface area contributed by atoms with Crippen LogP contribution in [0.3, 0.4) is 0 Å². The SMILES string of the molecule is CC(C)(C)S(=O)(=O)C[C@H](C1CC1)N1C(=O)[C@@](C)(CC(=O)Nc2ccc(C(=O)O)cn2)C[C@H](c2cccc(Cl)c2)[C@H]1c1ccc(Cl)cc1. The van der Waals surface area contributed by atoms with Gasteiger partial charge in [-0.15, -0.1) is 0 Å². The summed E-state index contributed by atoms with van der Waals surface area (Å²) >= 11 is 12.8. The minimum Gasteiger partial charge on any atom is -0.478 e. The van der Waals surface area contributed by atoms with Crippen LogP contribution in [0.4, 0.5) is 5.82 Å². The van der Waals surface area contributed by atoms with Crippen LogP contribution in [-0.2, 0) is 19.4 Å². The summed E-state index contributed by atoms with van der Waals surface area (Å²) in [5.74, 6) is -2.34. The minimum absolute atomic E-state index is 0.0148. The lowest BCUT2D eigenvalue weighted by Crippen LogP contribution is -2.59. The Hall–Kier alpha value is -3.47. The van der Waals surface area contributed by atoms with Crippen molar-refractivity contribution in [3.05, 3.63) is 93.6 Å². The van der Waals surface area contributed by atoms with E-state index in [2.05, 4.69) is 10.3 Å². The zero-order valence-corrected chi connectivity index (χ0v) is 29.1. The molecule has 2 aliphatic rings. The number of aromatic carboxylic acids is 1. The van der Waals surface area contributed by atoms with Gasteiger partial charge in [0.05, 0.1) is 27.5 Å². The first-order chi connectivity index (χ1) is 22.0. The Morgan fingerprint density at radius 2 is 1.72 bits per heavy atom. The molecule has 5 rings (SSSR count). The summed E-state index contributed by atoms with van der Waals surface area (Å²) in [4.78, 5) is 45.6. The second-order valence-electron chi connectivity index (χ2n) is 13.9. The third-order valence-corrected chi connectivity index (χ3v) is 12.4. The topological polar surface area (TPSA) is 134 Å². The molecule has 1 aliphatic carbocycles. The van der Waals surface area contributed by atoms with Crippen molar-refractivity contribution in [2.45, 2.75) is 76.1 Å². The molecule has 2 amide bonds. The highest BCUT2D eigenvalue weighted by Gasteiger charge is 2.55.